The van der Waals surface area contributed by atoms with Gasteiger partial charge in [-0.1, -0.05) is 30.3 Å². The molecule has 0 N–H and O–H groups in total. The lowest BCUT2D eigenvalue weighted by atomic mass is 10.1. The molecule has 0 bridgehead atoms. The maximum absolute atomic E-state index is 12.4. The smallest absolute Gasteiger partial charge is 0.289 e. The zero-order chi connectivity index (χ0) is 15.4. The summed E-state index contributed by atoms with van der Waals surface area (Å²) < 4.78 is 16.1. The predicted octanol–water partition coefficient (Wildman–Crippen LogP) is 2.37. The Kier molecular flexibility index (Phi) is 4.44. The van der Waals surface area contributed by atoms with Gasteiger partial charge in [-0.15, -0.1) is 0 Å². The second-order valence-corrected chi connectivity index (χ2v) is 5.26. The number of furan rings is 1. The standard InChI is InChI=1S/C17H19NO4/c1-20-16-8-7-15(22-16)17(19)18-9-10-21-14(12-18)11-13-5-3-2-4-6-13/h2-8,14H,9-12H2,1H3/t14-/m1/s1. The Morgan fingerprint density at radius 3 is 2.82 bits per heavy atom. The molecular formula is C17H19NO4. The monoisotopic (exact) mass is 301 g/mol. The van der Waals surface area contributed by atoms with Crippen molar-refractivity contribution in [3.05, 3.63) is 53.8 Å². The molecule has 3 rings (SSSR count). The number of ether oxygens (including phenoxy) is 2. The summed E-state index contributed by atoms with van der Waals surface area (Å²) in [4.78, 5) is 14.2. The summed E-state index contributed by atoms with van der Waals surface area (Å²) in [6.07, 6.45) is 0.809. The topological polar surface area (TPSA) is 51.9 Å². The summed E-state index contributed by atoms with van der Waals surface area (Å²) in [5, 5.41) is 0. The van der Waals surface area contributed by atoms with Gasteiger partial charge in [-0.2, -0.15) is 0 Å². The van der Waals surface area contributed by atoms with Gasteiger partial charge in [-0.3, -0.25) is 4.79 Å². The molecule has 5 heteroatoms. The summed E-state index contributed by atoms with van der Waals surface area (Å²) in [5.41, 5.74) is 1.21. The normalized spacial score (nSPS) is 18.2. The molecular weight excluding hydrogens is 282 g/mol. The average molecular weight is 301 g/mol. The van der Waals surface area contributed by atoms with Crippen LogP contribution in [0.15, 0.2) is 46.9 Å². The molecule has 1 saturated heterocycles. The van der Waals surface area contributed by atoms with Gasteiger partial charge in [0.2, 0.25) is 0 Å². The molecule has 2 aromatic rings. The van der Waals surface area contributed by atoms with Crippen molar-refractivity contribution in [1.29, 1.82) is 0 Å². The molecule has 0 aliphatic carbocycles. The van der Waals surface area contributed by atoms with E-state index in [1.54, 1.807) is 17.0 Å². The molecule has 1 aliphatic heterocycles. The summed E-state index contributed by atoms with van der Waals surface area (Å²) in [5.74, 6) is 0.527. The van der Waals surface area contributed by atoms with Gasteiger partial charge in [0.15, 0.2) is 5.76 Å². The van der Waals surface area contributed by atoms with Gasteiger partial charge in [-0.05, 0) is 11.6 Å². The first-order chi connectivity index (χ1) is 10.8. The van der Waals surface area contributed by atoms with Crippen LogP contribution in [0.4, 0.5) is 0 Å². The van der Waals surface area contributed by atoms with Crippen LogP contribution in [0.1, 0.15) is 16.1 Å². The number of rotatable bonds is 4. The van der Waals surface area contributed by atoms with Crippen molar-refractivity contribution in [2.24, 2.45) is 0 Å². The number of carbonyl (C=O) groups is 1. The van der Waals surface area contributed by atoms with Crippen LogP contribution >= 0.6 is 0 Å². The fourth-order valence-electron chi connectivity index (χ4n) is 2.60. The highest BCUT2D eigenvalue weighted by atomic mass is 16.6. The van der Waals surface area contributed by atoms with Crippen molar-refractivity contribution < 1.29 is 18.7 Å². The van der Waals surface area contributed by atoms with Crippen LogP contribution in [0, 0.1) is 0 Å². The van der Waals surface area contributed by atoms with Crippen LogP contribution in [0.3, 0.4) is 0 Å². The van der Waals surface area contributed by atoms with Crippen LogP contribution in [0.2, 0.25) is 0 Å². The quantitative estimate of drug-likeness (QED) is 0.870. The number of morpholine rings is 1. The van der Waals surface area contributed by atoms with Gasteiger partial charge in [-0.25, -0.2) is 0 Å². The zero-order valence-corrected chi connectivity index (χ0v) is 12.5. The molecule has 116 valence electrons. The van der Waals surface area contributed by atoms with Crippen molar-refractivity contribution in [1.82, 2.24) is 4.90 Å². The van der Waals surface area contributed by atoms with E-state index >= 15 is 0 Å². The molecule has 22 heavy (non-hydrogen) atoms. The van der Waals surface area contributed by atoms with Crippen LogP contribution in [-0.2, 0) is 11.2 Å². The van der Waals surface area contributed by atoms with E-state index < -0.39 is 0 Å². The largest absolute Gasteiger partial charge is 0.468 e. The summed E-state index contributed by atoms with van der Waals surface area (Å²) in [6, 6.07) is 13.4. The van der Waals surface area contributed by atoms with Gasteiger partial charge >= 0.3 is 0 Å². The Morgan fingerprint density at radius 1 is 1.27 bits per heavy atom. The van der Waals surface area contributed by atoms with Gasteiger partial charge in [0, 0.05) is 25.6 Å². The molecule has 1 atom stereocenters. The molecule has 0 unspecified atom stereocenters. The second kappa shape index (κ2) is 6.66. The van der Waals surface area contributed by atoms with E-state index in [0.717, 1.165) is 6.42 Å². The molecule has 1 aromatic carbocycles. The highest BCUT2D eigenvalue weighted by molar-refractivity contribution is 5.91. The molecule has 0 spiro atoms. The van der Waals surface area contributed by atoms with E-state index in [0.29, 0.717) is 31.4 Å². The first-order valence-corrected chi connectivity index (χ1v) is 7.35. The van der Waals surface area contributed by atoms with Crippen molar-refractivity contribution >= 4 is 5.91 Å². The van der Waals surface area contributed by atoms with E-state index in [9.17, 15) is 4.79 Å². The van der Waals surface area contributed by atoms with Crippen molar-refractivity contribution in [3.8, 4) is 5.95 Å². The molecule has 1 fully saturated rings. The van der Waals surface area contributed by atoms with Gasteiger partial charge in [0.05, 0.1) is 19.8 Å². The second-order valence-electron chi connectivity index (χ2n) is 5.26. The summed E-state index contributed by atoms with van der Waals surface area (Å²) in [6.45, 7) is 1.69. The Morgan fingerprint density at radius 2 is 2.09 bits per heavy atom. The molecule has 0 radical (unpaired) electrons. The fourth-order valence-corrected chi connectivity index (χ4v) is 2.60. The minimum atomic E-state index is -0.121. The van der Waals surface area contributed by atoms with E-state index in [4.69, 9.17) is 13.9 Å². The van der Waals surface area contributed by atoms with E-state index in [2.05, 4.69) is 12.1 Å². The number of carbonyl (C=O) groups excluding carboxylic acids is 1. The van der Waals surface area contributed by atoms with Crippen molar-refractivity contribution in [2.45, 2.75) is 12.5 Å². The third-order valence-electron chi connectivity index (χ3n) is 3.73. The fraction of sp³-hybridized carbons (Fsp3) is 0.353. The van der Waals surface area contributed by atoms with Gasteiger partial charge in [0.1, 0.15) is 0 Å². The molecule has 1 amide bonds. The lowest BCUT2D eigenvalue weighted by Gasteiger charge is -2.32. The summed E-state index contributed by atoms with van der Waals surface area (Å²) in [7, 11) is 1.51. The number of hydrogen-bond donors (Lipinski definition) is 0. The average Bonchev–Trinajstić information content (AvgIpc) is 3.04. The Labute approximate surface area is 129 Å². The lowest BCUT2D eigenvalue weighted by Crippen LogP contribution is -2.46. The maximum atomic E-state index is 12.4. The van der Waals surface area contributed by atoms with Gasteiger partial charge in [0.25, 0.3) is 11.9 Å². The van der Waals surface area contributed by atoms with Gasteiger partial charge < -0.3 is 18.8 Å². The zero-order valence-electron chi connectivity index (χ0n) is 12.5. The van der Waals surface area contributed by atoms with Crippen LogP contribution < -0.4 is 4.74 Å². The van der Waals surface area contributed by atoms with E-state index in [1.165, 1.54) is 12.7 Å². The van der Waals surface area contributed by atoms with Crippen LogP contribution in [-0.4, -0.2) is 43.7 Å². The Bertz CT molecular complexity index is 623. The molecule has 5 nitrogen and oxygen atoms in total. The number of hydrogen-bond acceptors (Lipinski definition) is 4. The third kappa shape index (κ3) is 3.31. The van der Waals surface area contributed by atoms with E-state index in [1.807, 2.05) is 18.2 Å². The van der Waals surface area contributed by atoms with Crippen LogP contribution in [0.25, 0.3) is 0 Å². The molecule has 1 aromatic heterocycles. The highest BCUT2D eigenvalue weighted by Gasteiger charge is 2.27. The Balaban J connectivity index is 1.63. The lowest BCUT2D eigenvalue weighted by molar-refractivity contribution is -0.0218. The number of amides is 1. The number of methoxy groups -OCH3 is 1. The minimum absolute atomic E-state index is 0.0111. The van der Waals surface area contributed by atoms with Crippen molar-refractivity contribution in [3.63, 3.8) is 0 Å². The predicted molar refractivity (Wildman–Crippen MR) is 81.0 cm³/mol. The number of benzene rings is 1. The first kappa shape index (κ1) is 14.7. The van der Waals surface area contributed by atoms with Crippen LogP contribution in [0.5, 0.6) is 5.95 Å². The highest BCUT2D eigenvalue weighted by Crippen LogP contribution is 2.19. The van der Waals surface area contributed by atoms with E-state index in [-0.39, 0.29) is 12.0 Å². The minimum Gasteiger partial charge on any atom is -0.468 e. The SMILES string of the molecule is COc1ccc(C(=O)N2CCO[C@H](Cc3ccccc3)C2)o1. The first-order valence-electron chi connectivity index (χ1n) is 7.35. The Hall–Kier alpha value is -2.27. The van der Waals surface area contributed by atoms with Crippen molar-refractivity contribution in [2.75, 3.05) is 26.8 Å². The molecule has 0 saturated carbocycles. The molecule has 1 aliphatic rings. The summed E-state index contributed by atoms with van der Waals surface area (Å²) >= 11 is 0. The third-order valence-corrected chi connectivity index (χ3v) is 3.73. The maximum Gasteiger partial charge on any atom is 0.289 e. The number of nitrogens with zero attached hydrogens (tertiary/aromatic N) is 1. The molecule has 2 heterocycles.